The van der Waals surface area contributed by atoms with Gasteiger partial charge in [0.15, 0.2) is 11.6 Å². The van der Waals surface area contributed by atoms with E-state index in [0.717, 1.165) is 26.2 Å². The number of ketones is 1. The Hall–Kier alpha value is -3.22. The number of nitrogens with one attached hydrogen (secondary N) is 1. The minimum Gasteiger partial charge on any atom is -0.463 e. The van der Waals surface area contributed by atoms with Crippen molar-refractivity contribution < 1.29 is 9.21 Å². The number of hydrazine groups is 1. The molecule has 0 spiro atoms. The molecule has 2 aliphatic rings. The summed E-state index contributed by atoms with van der Waals surface area (Å²) in [5, 5.41) is 4.38. The van der Waals surface area contributed by atoms with Gasteiger partial charge in [0, 0.05) is 45.2 Å². The summed E-state index contributed by atoms with van der Waals surface area (Å²) in [5.74, 6) is 8.21. The Labute approximate surface area is 196 Å². The van der Waals surface area contributed by atoms with Crippen LogP contribution in [0.25, 0.3) is 5.78 Å². The van der Waals surface area contributed by atoms with Gasteiger partial charge in [-0.2, -0.15) is 4.98 Å². The predicted molar refractivity (Wildman–Crippen MR) is 127 cm³/mol. The number of hydrogen-bond donors (Lipinski definition) is 2. The molecular formula is C22H31N9O3. The van der Waals surface area contributed by atoms with E-state index in [4.69, 9.17) is 15.2 Å². The number of H-pyrrole nitrogens is 1. The quantitative estimate of drug-likeness (QED) is 0.467. The number of nitrogens with zero attached hydrogens (tertiary/aromatic N) is 7. The Balaban J connectivity index is 1.34. The normalized spacial score (nSPS) is 19.7. The highest BCUT2D eigenvalue weighted by Gasteiger charge is 2.33. The molecule has 0 aliphatic carbocycles. The second-order valence-electron chi connectivity index (χ2n) is 9.22. The van der Waals surface area contributed by atoms with Crippen molar-refractivity contribution in [1.82, 2.24) is 29.0 Å². The van der Waals surface area contributed by atoms with Gasteiger partial charge in [0.25, 0.3) is 0 Å². The molecule has 182 valence electrons. The number of carbonyl (C=O) groups excluding carboxylic acids is 1. The SMILES string of the molecule is CC(C)C(=O)CN1CCN(CCn2c(=O)[nH]n3c4c(nc23)N(N)C(C)N=C4c2ccco2)CC1. The van der Waals surface area contributed by atoms with Gasteiger partial charge in [-0.05, 0) is 19.1 Å². The van der Waals surface area contributed by atoms with Crippen LogP contribution in [0.4, 0.5) is 5.82 Å². The van der Waals surface area contributed by atoms with Gasteiger partial charge < -0.3 is 4.42 Å². The van der Waals surface area contributed by atoms with Gasteiger partial charge >= 0.3 is 5.69 Å². The van der Waals surface area contributed by atoms with E-state index in [0.29, 0.717) is 48.4 Å². The number of aliphatic imine (C=N–C) groups is 1. The first-order chi connectivity index (χ1) is 16.3. The second-order valence-corrected chi connectivity index (χ2v) is 9.22. The van der Waals surface area contributed by atoms with Crippen molar-refractivity contribution in [2.45, 2.75) is 33.5 Å². The average Bonchev–Trinajstić information content (AvgIpc) is 3.53. The Morgan fingerprint density at radius 3 is 2.65 bits per heavy atom. The topological polar surface area (TPSA) is 133 Å². The Bertz CT molecular complexity index is 1260. The van der Waals surface area contributed by atoms with Crippen molar-refractivity contribution >= 4 is 23.1 Å². The summed E-state index contributed by atoms with van der Waals surface area (Å²) in [6.07, 6.45) is 1.26. The van der Waals surface area contributed by atoms with Gasteiger partial charge in [0.1, 0.15) is 23.4 Å². The zero-order valence-electron chi connectivity index (χ0n) is 19.8. The van der Waals surface area contributed by atoms with Crippen molar-refractivity contribution in [2.75, 3.05) is 44.3 Å². The number of anilines is 1. The lowest BCUT2D eigenvalue weighted by molar-refractivity contribution is -0.123. The minimum absolute atomic E-state index is 0.0621. The lowest BCUT2D eigenvalue weighted by Crippen LogP contribution is -2.49. The molecule has 0 aromatic carbocycles. The zero-order valence-corrected chi connectivity index (χ0v) is 19.8. The van der Waals surface area contributed by atoms with E-state index in [2.05, 4.69) is 19.9 Å². The molecule has 0 amide bonds. The molecule has 0 bridgehead atoms. The maximum atomic E-state index is 12.8. The molecule has 3 aromatic heterocycles. The van der Waals surface area contributed by atoms with Crippen LogP contribution in [0.5, 0.6) is 0 Å². The van der Waals surface area contributed by atoms with Crippen LogP contribution in [0, 0.1) is 5.92 Å². The number of furan rings is 1. The lowest BCUT2D eigenvalue weighted by Gasteiger charge is -2.34. The molecule has 0 radical (unpaired) electrons. The molecule has 3 aromatic rings. The van der Waals surface area contributed by atoms with E-state index < -0.39 is 0 Å². The summed E-state index contributed by atoms with van der Waals surface area (Å²) in [6, 6.07) is 3.62. The van der Waals surface area contributed by atoms with Gasteiger partial charge in [0.05, 0.1) is 12.8 Å². The van der Waals surface area contributed by atoms with Gasteiger partial charge in [-0.15, -0.1) is 0 Å². The Morgan fingerprint density at radius 1 is 1.24 bits per heavy atom. The highest BCUT2D eigenvalue weighted by molar-refractivity contribution is 6.14. The zero-order chi connectivity index (χ0) is 24.0. The summed E-state index contributed by atoms with van der Waals surface area (Å²) < 4.78 is 8.85. The van der Waals surface area contributed by atoms with Crippen molar-refractivity contribution in [3.05, 3.63) is 40.3 Å². The van der Waals surface area contributed by atoms with Crippen LogP contribution in [0.3, 0.4) is 0 Å². The molecule has 2 aliphatic heterocycles. The Morgan fingerprint density at radius 2 is 1.97 bits per heavy atom. The summed E-state index contributed by atoms with van der Waals surface area (Å²) in [4.78, 5) is 38.7. The molecule has 3 N–H and O–H groups in total. The number of rotatable bonds is 7. The molecule has 12 heteroatoms. The highest BCUT2D eigenvalue weighted by atomic mass is 16.3. The van der Waals surface area contributed by atoms with Crippen molar-refractivity contribution in [2.24, 2.45) is 16.8 Å². The van der Waals surface area contributed by atoms with E-state index in [1.807, 2.05) is 26.8 Å². The van der Waals surface area contributed by atoms with Gasteiger partial charge in [0.2, 0.25) is 5.78 Å². The van der Waals surface area contributed by atoms with Gasteiger partial charge in [-0.3, -0.25) is 29.2 Å². The predicted octanol–water partition coefficient (Wildman–Crippen LogP) is 0.137. The average molecular weight is 470 g/mol. The number of aromatic nitrogens is 4. The number of imidazole rings is 1. The molecule has 12 nitrogen and oxygen atoms in total. The van der Waals surface area contributed by atoms with Crippen LogP contribution in [-0.2, 0) is 11.3 Å². The largest absolute Gasteiger partial charge is 0.463 e. The van der Waals surface area contributed by atoms with E-state index in [9.17, 15) is 9.59 Å². The van der Waals surface area contributed by atoms with Crippen LogP contribution in [0.1, 0.15) is 32.2 Å². The molecule has 5 rings (SSSR count). The Kier molecular flexibility index (Phi) is 5.88. The van der Waals surface area contributed by atoms with Crippen LogP contribution in [-0.4, -0.2) is 85.9 Å². The highest BCUT2D eigenvalue weighted by Crippen LogP contribution is 2.28. The van der Waals surface area contributed by atoms with Gasteiger partial charge in [-0.1, -0.05) is 13.8 Å². The van der Waals surface area contributed by atoms with Gasteiger partial charge in [-0.25, -0.2) is 20.3 Å². The number of Topliss-reactive ketones (excluding diaryl/α,β-unsaturated/α-hetero) is 1. The van der Waals surface area contributed by atoms with Crippen LogP contribution < -0.4 is 16.5 Å². The number of fused-ring (bicyclic) bond motifs is 3. The van der Waals surface area contributed by atoms with Crippen LogP contribution in [0.2, 0.25) is 0 Å². The second kappa shape index (κ2) is 8.85. The minimum atomic E-state index is -0.328. The third-order valence-electron chi connectivity index (χ3n) is 6.61. The number of hydrogen-bond acceptors (Lipinski definition) is 9. The van der Waals surface area contributed by atoms with Crippen molar-refractivity contribution in [1.29, 1.82) is 0 Å². The fourth-order valence-electron chi connectivity index (χ4n) is 4.42. The van der Waals surface area contributed by atoms with Crippen LogP contribution >= 0.6 is 0 Å². The number of nitrogens with two attached hydrogens (primary N) is 1. The van der Waals surface area contributed by atoms with E-state index in [1.165, 1.54) is 5.01 Å². The number of aromatic amines is 1. The number of piperazine rings is 1. The maximum Gasteiger partial charge on any atom is 0.343 e. The third kappa shape index (κ3) is 3.97. The molecule has 5 heterocycles. The summed E-state index contributed by atoms with van der Waals surface area (Å²) in [7, 11) is 0. The fourth-order valence-corrected chi connectivity index (χ4v) is 4.42. The first-order valence-corrected chi connectivity index (χ1v) is 11.7. The molecular weight excluding hydrogens is 438 g/mol. The first-order valence-electron chi connectivity index (χ1n) is 11.7. The monoisotopic (exact) mass is 469 g/mol. The third-order valence-corrected chi connectivity index (χ3v) is 6.61. The first kappa shape index (κ1) is 22.6. The lowest BCUT2D eigenvalue weighted by atomic mass is 10.1. The van der Waals surface area contributed by atoms with E-state index in [1.54, 1.807) is 21.4 Å². The molecule has 0 saturated carbocycles. The summed E-state index contributed by atoms with van der Waals surface area (Å²) in [6.45, 7) is 10.9. The standard InChI is InChI=1S/C22H31N9O3/c1-14(2)16(32)13-28-8-6-27(7-9-28)10-11-29-21-25-20-19(31(21)26-22(29)33)18(17-5-4-12-34-17)24-15(3)30(20)23/h4-5,12,14-15H,6-11,13,23H2,1-3H3,(H,26,33). The molecule has 34 heavy (non-hydrogen) atoms. The van der Waals surface area contributed by atoms with Crippen molar-refractivity contribution in [3.63, 3.8) is 0 Å². The number of carbonyl (C=O) groups is 1. The molecule has 1 fully saturated rings. The van der Waals surface area contributed by atoms with E-state index >= 15 is 0 Å². The maximum absolute atomic E-state index is 12.8. The van der Waals surface area contributed by atoms with Crippen LogP contribution in [0.15, 0.2) is 32.6 Å². The molecule has 1 atom stereocenters. The fraction of sp³-hybridized carbons (Fsp3) is 0.545. The smallest absolute Gasteiger partial charge is 0.343 e. The van der Waals surface area contributed by atoms with Crippen molar-refractivity contribution in [3.8, 4) is 0 Å². The van der Waals surface area contributed by atoms with E-state index in [-0.39, 0.29) is 23.6 Å². The summed E-state index contributed by atoms with van der Waals surface area (Å²) >= 11 is 0. The molecule has 1 saturated heterocycles. The summed E-state index contributed by atoms with van der Waals surface area (Å²) in [5.41, 5.74) is 0.958. The molecule has 1 unspecified atom stereocenters.